The number of hydrogen-bond donors (Lipinski definition) is 0. The molecule has 156 valence electrons. The molecule has 4 aromatic rings. The lowest BCUT2D eigenvalue weighted by Gasteiger charge is -2.11. The summed E-state index contributed by atoms with van der Waals surface area (Å²) in [7, 11) is -3.67. The van der Waals surface area contributed by atoms with E-state index in [4.69, 9.17) is 0 Å². The fraction of sp³-hybridized carbons (Fsp3) is 0.222. The van der Waals surface area contributed by atoms with Crippen molar-refractivity contribution in [2.75, 3.05) is 5.75 Å². The molecule has 0 atom stereocenters. The van der Waals surface area contributed by atoms with E-state index in [0.29, 0.717) is 11.3 Å². The zero-order chi connectivity index (χ0) is 21.7. The van der Waals surface area contributed by atoms with E-state index in [9.17, 15) is 21.6 Å². The van der Waals surface area contributed by atoms with Crippen LogP contribution < -0.4 is 0 Å². The highest BCUT2D eigenvalue weighted by Gasteiger charge is 2.34. The van der Waals surface area contributed by atoms with Gasteiger partial charge in [0.05, 0.1) is 17.1 Å². The second-order valence-corrected chi connectivity index (χ2v) is 8.74. The van der Waals surface area contributed by atoms with Crippen molar-refractivity contribution in [2.24, 2.45) is 0 Å². The van der Waals surface area contributed by atoms with Crippen LogP contribution in [0.4, 0.5) is 13.2 Å². The Hall–Kier alpha value is -3.28. The molecule has 0 unspecified atom stereocenters. The van der Waals surface area contributed by atoms with Gasteiger partial charge in [0, 0.05) is 30.2 Å². The molecule has 4 rings (SSSR count). The first-order valence-corrected chi connectivity index (χ1v) is 10.4. The van der Waals surface area contributed by atoms with E-state index < -0.39 is 21.7 Å². The van der Waals surface area contributed by atoms with Gasteiger partial charge in [-0.05, 0) is 25.1 Å². The molecule has 0 amide bonds. The standard InChI is InChI=1S/C18H15F3N6O2S/c1-3-30(28,29)14-8-12(10-22-17(14)27-6-4-11(2)24-27)13-5-7-26-16(23-13)9-15(25-26)18(19,20)21/h4-10H,3H2,1-2H3. The molecule has 8 nitrogen and oxygen atoms in total. The average molecular weight is 436 g/mol. The summed E-state index contributed by atoms with van der Waals surface area (Å²) in [6.45, 7) is 3.27. The minimum atomic E-state index is -4.60. The van der Waals surface area contributed by atoms with Crippen molar-refractivity contribution in [3.05, 3.63) is 54.2 Å². The first-order chi connectivity index (χ1) is 14.1. The van der Waals surface area contributed by atoms with Gasteiger partial charge in [-0.2, -0.15) is 23.4 Å². The molecule has 0 saturated heterocycles. The largest absolute Gasteiger partial charge is 0.435 e. The summed E-state index contributed by atoms with van der Waals surface area (Å²) in [4.78, 5) is 8.39. The van der Waals surface area contributed by atoms with E-state index >= 15 is 0 Å². The van der Waals surface area contributed by atoms with E-state index in [0.717, 1.165) is 10.6 Å². The summed E-state index contributed by atoms with van der Waals surface area (Å²) in [6, 6.07) is 5.38. The van der Waals surface area contributed by atoms with Crippen LogP contribution >= 0.6 is 0 Å². The Kier molecular flexibility index (Phi) is 4.60. The molecule has 0 fully saturated rings. The maximum absolute atomic E-state index is 12.9. The highest BCUT2D eigenvalue weighted by molar-refractivity contribution is 7.91. The molecule has 0 spiro atoms. The van der Waals surface area contributed by atoms with Crippen molar-refractivity contribution in [1.82, 2.24) is 29.4 Å². The Bertz CT molecular complexity index is 1360. The van der Waals surface area contributed by atoms with Gasteiger partial charge in [-0.25, -0.2) is 27.6 Å². The van der Waals surface area contributed by atoms with Gasteiger partial charge in [0.15, 0.2) is 27.0 Å². The Balaban J connectivity index is 1.86. The van der Waals surface area contributed by atoms with E-state index in [1.165, 1.54) is 36.1 Å². The van der Waals surface area contributed by atoms with Crippen molar-refractivity contribution >= 4 is 15.5 Å². The smallest absolute Gasteiger partial charge is 0.235 e. The predicted octanol–water partition coefficient (Wildman–Crippen LogP) is 3.10. The number of sulfone groups is 1. The third-order valence-electron chi connectivity index (χ3n) is 4.40. The Morgan fingerprint density at radius 2 is 1.87 bits per heavy atom. The van der Waals surface area contributed by atoms with Gasteiger partial charge in [-0.15, -0.1) is 0 Å². The van der Waals surface area contributed by atoms with Crippen LogP contribution in [0.25, 0.3) is 22.7 Å². The normalized spacial score (nSPS) is 12.6. The van der Waals surface area contributed by atoms with Crippen LogP contribution in [0.15, 0.2) is 47.8 Å². The molecule has 4 aromatic heterocycles. The monoisotopic (exact) mass is 436 g/mol. The zero-order valence-electron chi connectivity index (χ0n) is 15.8. The number of rotatable bonds is 4. The number of halogens is 3. The van der Waals surface area contributed by atoms with Gasteiger partial charge < -0.3 is 0 Å². The van der Waals surface area contributed by atoms with Crippen molar-refractivity contribution in [3.63, 3.8) is 0 Å². The topological polar surface area (TPSA) is 95.0 Å². The van der Waals surface area contributed by atoms with Crippen LogP contribution in [-0.4, -0.2) is 43.5 Å². The molecule has 4 heterocycles. The molecule has 0 radical (unpaired) electrons. The molecule has 0 aliphatic carbocycles. The first-order valence-electron chi connectivity index (χ1n) is 8.78. The summed E-state index contributed by atoms with van der Waals surface area (Å²) in [5, 5.41) is 7.67. The van der Waals surface area contributed by atoms with Crippen LogP contribution in [0.2, 0.25) is 0 Å². The van der Waals surface area contributed by atoms with E-state index in [1.54, 1.807) is 19.2 Å². The molecule has 30 heavy (non-hydrogen) atoms. The van der Waals surface area contributed by atoms with Gasteiger partial charge in [-0.3, -0.25) is 0 Å². The molecule has 0 N–H and O–H groups in total. The Labute approximate surface area is 168 Å². The van der Waals surface area contributed by atoms with E-state index in [1.807, 2.05) is 0 Å². The van der Waals surface area contributed by atoms with Crippen molar-refractivity contribution < 1.29 is 21.6 Å². The molecule has 0 aliphatic heterocycles. The van der Waals surface area contributed by atoms with Gasteiger partial charge in [0.2, 0.25) is 0 Å². The summed E-state index contributed by atoms with van der Waals surface area (Å²) in [5.74, 6) is -0.0198. The highest BCUT2D eigenvalue weighted by Crippen LogP contribution is 2.30. The molecular formula is C18H15F3N6O2S. The molecule has 0 saturated carbocycles. The first kappa shape index (κ1) is 20.0. The average Bonchev–Trinajstić information content (AvgIpc) is 3.33. The summed E-state index contributed by atoms with van der Waals surface area (Å²) in [5.41, 5.74) is 0.204. The number of pyridine rings is 1. The molecule has 0 aromatic carbocycles. The molecule has 0 bridgehead atoms. The number of aryl methyl sites for hydroxylation is 1. The summed E-state index contributed by atoms with van der Waals surface area (Å²) in [6.07, 6.45) is -0.269. The fourth-order valence-electron chi connectivity index (χ4n) is 2.85. The second kappa shape index (κ2) is 6.90. The van der Waals surface area contributed by atoms with Crippen LogP contribution in [0, 0.1) is 6.92 Å². The lowest BCUT2D eigenvalue weighted by molar-refractivity contribution is -0.141. The van der Waals surface area contributed by atoms with E-state index in [2.05, 4.69) is 20.2 Å². The SMILES string of the molecule is CCS(=O)(=O)c1cc(-c2ccn3nc(C(F)(F)F)cc3n2)cnc1-n1ccc(C)n1. The van der Waals surface area contributed by atoms with E-state index in [-0.39, 0.29) is 27.8 Å². The lowest BCUT2D eigenvalue weighted by atomic mass is 10.2. The third kappa shape index (κ3) is 3.54. The third-order valence-corrected chi connectivity index (χ3v) is 6.13. The zero-order valence-corrected chi connectivity index (χ0v) is 16.6. The molecule has 0 aliphatic rings. The fourth-order valence-corrected chi connectivity index (χ4v) is 3.89. The summed E-state index contributed by atoms with van der Waals surface area (Å²) < 4.78 is 66.4. The van der Waals surface area contributed by atoms with Crippen molar-refractivity contribution in [3.8, 4) is 17.1 Å². The maximum atomic E-state index is 12.9. The number of fused-ring (bicyclic) bond motifs is 1. The molecular weight excluding hydrogens is 421 g/mol. The quantitative estimate of drug-likeness (QED) is 0.488. The van der Waals surface area contributed by atoms with Crippen LogP contribution in [0.5, 0.6) is 0 Å². The minimum Gasteiger partial charge on any atom is -0.235 e. The van der Waals surface area contributed by atoms with Gasteiger partial charge in [0.25, 0.3) is 0 Å². The summed E-state index contributed by atoms with van der Waals surface area (Å²) >= 11 is 0. The van der Waals surface area contributed by atoms with Crippen LogP contribution in [0.1, 0.15) is 18.3 Å². The number of aromatic nitrogens is 6. The Morgan fingerprint density at radius 3 is 2.50 bits per heavy atom. The van der Waals surface area contributed by atoms with Gasteiger partial charge in [0.1, 0.15) is 4.90 Å². The number of hydrogen-bond acceptors (Lipinski definition) is 6. The highest BCUT2D eigenvalue weighted by atomic mass is 32.2. The van der Waals surface area contributed by atoms with Crippen molar-refractivity contribution in [1.29, 1.82) is 0 Å². The van der Waals surface area contributed by atoms with Gasteiger partial charge in [-0.1, -0.05) is 6.92 Å². The molecule has 12 heteroatoms. The lowest BCUT2D eigenvalue weighted by Crippen LogP contribution is -2.11. The van der Waals surface area contributed by atoms with Crippen LogP contribution in [0.3, 0.4) is 0 Å². The van der Waals surface area contributed by atoms with Crippen molar-refractivity contribution in [2.45, 2.75) is 24.9 Å². The number of nitrogens with zero attached hydrogens (tertiary/aromatic N) is 6. The Morgan fingerprint density at radius 1 is 1.10 bits per heavy atom. The second-order valence-electron chi connectivity index (χ2n) is 6.49. The van der Waals surface area contributed by atoms with Gasteiger partial charge >= 0.3 is 6.18 Å². The maximum Gasteiger partial charge on any atom is 0.435 e. The minimum absolute atomic E-state index is 0.0218. The van der Waals surface area contributed by atoms with Crippen LogP contribution in [-0.2, 0) is 16.0 Å². The number of alkyl halides is 3. The predicted molar refractivity (Wildman–Crippen MR) is 101 cm³/mol.